The first-order chi connectivity index (χ1) is 14.5. The number of carbonyl (C=O) groups excluding carboxylic acids is 2. The van der Waals surface area contributed by atoms with Crippen molar-refractivity contribution in [1.29, 1.82) is 0 Å². The molecule has 0 bridgehead atoms. The number of carbonyl (C=O) groups is 2. The average Bonchev–Trinajstić information content (AvgIpc) is 3.02. The van der Waals surface area contributed by atoms with E-state index < -0.39 is 5.66 Å². The van der Waals surface area contributed by atoms with Gasteiger partial charge in [-0.1, -0.05) is 55.7 Å². The lowest BCUT2D eigenvalue weighted by Crippen LogP contribution is -2.46. The highest BCUT2D eigenvalue weighted by molar-refractivity contribution is 6.25. The zero-order valence-corrected chi connectivity index (χ0v) is 17.4. The summed E-state index contributed by atoms with van der Waals surface area (Å²) in [5, 5.41) is 13.1. The maximum atomic E-state index is 13.3. The molecule has 3 aromatic carbocycles. The molecule has 0 saturated heterocycles. The molecule has 5 nitrogen and oxygen atoms in total. The molecule has 3 aromatic rings. The van der Waals surface area contributed by atoms with Crippen molar-refractivity contribution in [2.45, 2.75) is 57.7 Å². The van der Waals surface area contributed by atoms with Crippen LogP contribution in [0.1, 0.15) is 66.7 Å². The summed E-state index contributed by atoms with van der Waals surface area (Å²) >= 11 is 0. The Balaban J connectivity index is 1.54. The minimum absolute atomic E-state index is 0.196. The zero-order chi connectivity index (χ0) is 20.9. The predicted molar refractivity (Wildman–Crippen MR) is 118 cm³/mol. The smallest absolute Gasteiger partial charge is 0.263 e. The van der Waals surface area contributed by atoms with Crippen molar-refractivity contribution in [2.75, 3.05) is 0 Å². The normalized spacial score (nSPS) is 18.1. The highest BCUT2D eigenvalue weighted by atomic mass is 16.2. The van der Waals surface area contributed by atoms with Gasteiger partial charge in [-0.2, -0.15) is 10.2 Å². The largest absolute Gasteiger partial charge is 0.268 e. The van der Waals surface area contributed by atoms with Crippen molar-refractivity contribution in [3.8, 4) is 0 Å². The van der Waals surface area contributed by atoms with Crippen LogP contribution in [0.3, 0.4) is 0 Å². The van der Waals surface area contributed by atoms with Crippen LogP contribution in [0.4, 0.5) is 0 Å². The summed E-state index contributed by atoms with van der Waals surface area (Å²) in [7, 11) is 0. The van der Waals surface area contributed by atoms with E-state index in [1.54, 1.807) is 13.8 Å². The molecule has 1 aliphatic carbocycles. The molecular weight excluding hydrogens is 374 g/mol. The molecular formula is C25H25N3O2. The van der Waals surface area contributed by atoms with Gasteiger partial charge in [0.2, 0.25) is 0 Å². The number of azo groups is 1. The van der Waals surface area contributed by atoms with E-state index in [4.69, 9.17) is 0 Å². The number of fused-ring (bicyclic) bond motifs is 4. The number of rotatable bonds is 3. The number of amides is 2. The van der Waals surface area contributed by atoms with Gasteiger partial charge >= 0.3 is 0 Å². The van der Waals surface area contributed by atoms with Gasteiger partial charge in [0, 0.05) is 0 Å². The van der Waals surface area contributed by atoms with Gasteiger partial charge in [0.25, 0.3) is 11.8 Å². The second-order valence-electron chi connectivity index (χ2n) is 8.85. The summed E-state index contributed by atoms with van der Waals surface area (Å²) in [4.78, 5) is 27.8. The summed E-state index contributed by atoms with van der Waals surface area (Å²) in [6.45, 7) is 3.58. The van der Waals surface area contributed by atoms with Gasteiger partial charge in [-0.3, -0.25) is 9.59 Å². The predicted octanol–water partition coefficient (Wildman–Crippen LogP) is 6.11. The average molecular weight is 399 g/mol. The van der Waals surface area contributed by atoms with E-state index in [-0.39, 0.29) is 17.9 Å². The van der Waals surface area contributed by atoms with Gasteiger partial charge < -0.3 is 0 Å². The molecule has 2 aliphatic rings. The Labute approximate surface area is 175 Å². The molecule has 5 rings (SSSR count). The second-order valence-corrected chi connectivity index (χ2v) is 8.85. The minimum atomic E-state index is -1.01. The number of benzene rings is 3. The Morgan fingerprint density at radius 2 is 1.50 bits per heavy atom. The van der Waals surface area contributed by atoms with Gasteiger partial charge in [0.15, 0.2) is 5.66 Å². The molecule has 0 atom stereocenters. The van der Waals surface area contributed by atoms with Crippen molar-refractivity contribution in [3.63, 3.8) is 0 Å². The van der Waals surface area contributed by atoms with Crippen LogP contribution in [-0.4, -0.2) is 28.4 Å². The van der Waals surface area contributed by atoms with E-state index in [1.165, 1.54) is 11.3 Å². The SMILES string of the molecule is CC(C)(N=NC1CCCCC1)N1C(=O)c2cc3ccc4ccccc4c3cc2C1=O. The number of hydrogen-bond acceptors (Lipinski definition) is 4. The van der Waals surface area contributed by atoms with E-state index in [0.29, 0.717) is 11.1 Å². The second kappa shape index (κ2) is 7.01. The molecule has 152 valence electrons. The molecule has 1 aliphatic heterocycles. The van der Waals surface area contributed by atoms with Gasteiger partial charge in [-0.05, 0) is 60.4 Å². The fraction of sp³-hybridized carbons (Fsp3) is 0.360. The lowest BCUT2D eigenvalue weighted by molar-refractivity contribution is 0.0479. The van der Waals surface area contributed by atoms with E-state index in [2.05, 4.69) is 16.3 Å². The third-order valence-corrected chi connectivity index (χ3v) is 6.34. The van der Waals surface area contributed by atoms with Crippen molar-refractivity contribution in [2.24, 2.45) is 10.2 Å². The summed E-state index contributed by atoms with van der Waals surface area (Å²) in [5.74, 6) is -0.588. The van der Waals surface area contributed by atoms with Gasteiger partial charge in [0.05, 0.1) is 17.2 Å². The number of hydrogen-bond donors (Lipinski definition) is 0. The Kier molecular flexibility index (Phi) is 4.42. The van der Waals surface area contributed by atoms with Crippen molar-refractivity contribution in [3.05, 3.63) is 59.7 Å². The van der Waals surface area contributed by atoms with Crippen LogP contribution in [0, 0.1) is 0 Å². The third kappa shape index (κ3) is 3.00. The molecule has 1 fully saturated rings. The van der Waals surface area contributed by atoms with Gasteiger partial charge in [-0.15, -0.1) is 0 Å². The van der Waals surface area contributed by atoms with Crippen LogP contribution in [0.15, 0.2) is 58.8 Å². The van der Waals surface area contributed by atoms with Crippen LogP contribution in [0.5, 0.6) is 0 Å². The first kappa shape index (κ1) is 18.9. The molecule has 30 heavy (non-hydrogen) atoms. The third-order valence-electron chi connectivity index (χ3n) is 6.34. The summed E-state index contributed by atoms with van der Waals surface area (Å²) < 4.78 is 0. The molecule has 0 radical (unpaired) electrons. The fourth-order valence-electron chi connectivity index (χ4n) is 4.70. The number of imide groups is 1. The Bertz CT molecular complexity index is 1210. The molecule has 0 N–H and O–H groups in total. The van der Waals surface area contributed by atoms with Crippen LogP contribution in [0.2, 0.25) is 0 Å². The Hall–Kier alpha value is -3.08. The van der Waals surface area contributed by atoms with Crippen molar-refractivity contribution >= 4 is 33.4 Å². The lowest BCUT2D eigenvalue weighted by Gasteiger charge is -2.29. The Morgan fingerprint density at radius 3 is 2.27 bits per heavy atom. The van der Waals surface area contributed by atoms with Crippen LogP contribution < -0.4 is 0 Å². The van der Waals surface area contributed by atoms with E-state index in [0.717, 1.165) is 47.2 Å². The number of nitrogens with zero attached hydrogens (tertiary/aromatic N) is 3. The summed E-state index contributed by atoms with van der Waals surface area (Å²) in [6, 6.07) is 16.0. The first-order valence-corrected chi connectivity index (χ1v) is 10.7. The monoisotopic (exact) mass is 399 g/mol. The molecule has 1 heterocycles. The molecule has 2 amide bonds. The Morgan fingerprint density at radius 1 is 0.833 bits per heavy atom. The highest BCUT2D eigenvalue weighted by Gasteiger charge is 2.44. The highest BCUT2D eigenvalue weighted by Crippen LogP contribution is 2.35. The van der Waals surface area contributed by atoms with Crippen molar-refractivity contribution in [1.82, 2.24) is 4.90 Å². The van der Waals surface area contributed by atoms with E-state index in [9.17, 15) is 9.59 Å². The van der Waals surface area contributed by atoms with Crippen molar-refractivity contribution < 1.29 is 9.59 Å². The maximum Gasteiger partial charge on any atom is 0.263 e. The minimum Gasteiger partial charge on any atom is -0.268 e. The summed E-state index contributed by atoms with van der Waals surface area (Å²) in [6.07, 6.45) is 5.63. The molecule has 0 spiro atoms. The van der Waals surface area contributed by atoms with Gasteiger partial charge in [0.1, 0.15) is 0 Å². The maximum absolute atomic E-state index is 13.3. The molecule has 0 aromatic heterocycles. The first-order valence-electron chi connectivity index (χ1n) is 10.7. The standard InChI is InChI=1S/C25H25N3O2/c1-25(2,27-26-18-9-4-3-5-10-18)28-23(29)21-14-17-13-12-16-8-6-7-11-19(16)20(17)15-22(21)24(28)30/h6-8,11-15,18H,3-5,9-10H2,1-2H3. The van der Waals surface area contributed by atoms with Crippen LogP contribution >= 0.6 is 0 Å². The van der Waals surface area contributed by atoms with Gasteiger partial charge in [-0.25, -0.2) is 4.90 Å². The zero-order valence-electron chi connectivity index (χ0n) is 17.4. The van der Waals surface area contributed by atoms with E-state index in [1.807, 2.05) is 42.5 Å². The topological polar surface area (TPSA) is 62.1 Å². The molecule has 5 heteroatoms. The quantitative estimate of drug-likeness (QED) is 0.303. The molecule has 0 unspecified atom stereocenters. The van der Waals surface area contributed by atoms with Crippen LogP contribution in [-0.2, 0) is 0 Å². The van der Waals surface area contributed by atoms with E-state index >= 15 is 0 Å². The summed E-state index contributed by atoms with van der Waals surface area (Å²) in [5.41, 5.74) is -0.118. The molecule has 1 saturated carbocycles. The fourth-order valence-corrected chi connectivity index (χ4v) is 4.70. The van der Waals surface area contributed by atoms with Crippen LogP contribution in [0.25, 0.3) is 21.5 Å². The lowest BCUT2D eigenvalue weighted by atomic mass is 9.96.